The number of hydrogen-bond donors (Lipinski definition) is 0. The van der Waals surface area contributed by atoms with Gasteiger partial charge in [-0.1, -0.05) is 0 Å². The Morgan fingerprint density at radius 1 is 0.560 bits per heavy atom. The van der Waals surface area contributed by atoms with Crippen LogP contribution in [0.2, 0.25) is 0 Å². The summed E-state index contributed by atoms with van der Waals surface area (Å²) >= 11 is 0. The van der Waals surface area contributed by atoms with Crippen LogP contribution in [0.25, 0.3) is 0 Å². The largest absolute Gasteiger partial charge is 3.00 e. The van der Waals surface area contributed by atoms with Gasteiger partial charge in [-0.25, -0.2) is 0 Å². The molecule has 13 heteroatoms. The van der Waals surface area contributed by atoms with E-state index >= 15 is 0 Å². The van der Waals surface area contributed by atoms with Crippen molar-refractivity contribution >= 4 is 53.2 Å². The fourth-order valence-corrected chi connectivity index (χ4v) is 0.482. The number of ether oxygens (including phenoxy) is 3. The zero-order valence-electron chi connectivity index (χ0n) is 13.6. The zero-order valence-corrected chi connectivity index (χ0v) is 14.8. The van der Waals surface area contributed by atoms with Gasteiger partial charge in [-0.3, -0.25) is 14.4 Å². The Balaban J connectivity index is -0.000000130. The van der Waals surface area contributed by atoms with E-state index in [1.54, 1.807) is 0 Å². The van der Waals surface area contributed by atoms with E-state index in [1.165, 1.54) is 0 Å². The molecule has 0 aliphatic rings. The Bertz CT molecular complexity index is 350. The van der Waals surface area contributed by atoms with Crippen LogP contribution in [0, 0.1) is 0 Å². The molecular weight excluding hydrogens is 363 g/mol. The first-order valence-electron chi connectivity index (χ1n) is 5.88. The zero-order chi connectivity index (χ0) is 19.7. The summed E-state index contributed by atoms with van der Waals surface area (Å²) in [5, 5.41) is 28.5. The summed E-state index contributed by atoms with van der Waals surface area (Å²) in [5.74, 6) is -6.02. The predicted molar refractivity (Wildman–Crippen MR) is 70.7 cm³/mol. The first-order valence-corrected chi connectivity index (χ1v) is 5.88. The van der Waals surface area contributed by atoms with Gasteiger partial charge < -0.3 is 43.9 Å². The van der Waals surface area contributed by atoms with Gasteiger partial charge in [-0.15, -0.1) is 0 Å². The summed E-state index contributed by atoms with van der Waals surface area (Å²) in [6.07, 6.45) is 0. The second-order valence-corrected chi connectivity index (χ2v) is 3.46. The van der Waals surface area contributed by atoms with Crippen molar-refractivity contribution in [2.24, 2.45) is 0 Å². The summed E-state index contributed by atoms with van der Waals surface area (Å²) in [4.78, 5) is 58.1. The van der Waals surface area contributed by atoms with E-state index in [0.29, 0.717) is 0 Å². The molecule has 0 saturated heterocycles. The predicted octanol–water partition coefficient (Wildman–Crippen LogP) is -5.48. The van der Waals surface area contributed by atoms with Gasteiger partial charge in [-0.2, -0.15) is 0 Å². The van der Waals surface area contributed by atoms with Crippen LogP contribution < -0.4 is 15.3 Å². The molecule has 0 radical (unpaired) electrons. The molecule has 0 aromatic heterocycles. The fraction of sp³-hybridized carbons (Fsp3) is 0.500. The van der Waals surface area contributed by atoms with E-state index in [-0.39, 0.29) is 17.4 Å². The number of aliphatic carboxylic acids is 3. The van der Waals surface area contributed by atoms with Gasteiger partial charge in [0.1, 0.15) is 19.8 Å². The summed E-state index contributed by atoms with van der Waals surface area (Å²) in [7, 11) is 0. The van der Waals surface area contributed by atoms with Gasteiger partial charge in [0, 0.05) is 20.8 Å². The minimum atomic E-state index is -1.39. The van der Waals surface area contributed by atoms with E-state index in [4.69, 9.17) is 0 Å². The first kappa shape index (κ1) is 30.3. The van der Waals surface area contributed by atoms with E-state index in [2.05, 4.69) is 14.2 Å². The van der Waals surface area contributed by atoms with Crippen molar-refractivity contribution in [1.29, 1.82) is 0 Å². The summed E-state index contributed by atoms with van der Waals surface area (Å²) in [6, 6.07) is 0. The van der Waals surface area contributed by atoms with Crippen LogP contribution in [0.5, 0.6) is 0 Å². The Morgan fingerprint density at radius 3 is 0.760 bits per heavy atom. The molecule has 0 rings (SSSR count). The molecule has 25 heavy (non-hydrogen) atoms. The van der Waals surface area contributed by atoms with Crippen molar-refractivity contribution in [3.8, 4) is 0 Å². The quantitative estimate of drug-likeness (QED) is 0.241. The molecule has 0 aromatic carbocycles. The minimum Gasteiger partial charge on any atom is -0.546 e. The van der Waals surface area contributed by atoms with Crippen LogP contribution in [0.3, 0.4) is 0 Å². The molecule has 0 heterocycles. The van der Waals surface area contributed by atoms with Crippen molar-refractivity contribution in [2.75, 3.05) is 19.8 Å². The van der Waals surface area contributed by atoms with E-state index in [1.807, 2.05) is 0 Å². The third-order valence-corrected chi connectivity index (χ3v) is 1.18. The molecule has 0 N–H and O–H groups in total. The SMILES string of the molecule is CC(=O)OCC(=O)[O-].CC(=O)OCC(=O)[O-].CC(=O)OCC(=O)[O-].[Al+3]. The van der Waals surface area contributed by atoms with Crippen LogP contribution in [-0.4, -0.2) is 73.0 Å². The maximum absolute atomic E-state index is 9.83. The number of carbonyl (C=O) groups is 6. The number of rotatable bonds is 6. The normalized spacial score (nSPS) is 7.80. The van der Waals surface area contributed by atoms with Crippen LogP contribution >= 0.6 is 0 Å². The second-order valence-electron chi connectivity index (χ2n) is 3.46. The minimum absolute atomic E-state index is 0. The molecule has 138 valence electrons. The van der Waals surface area contributed by atoms with Crippen molar-refractivity contribution < 1.29 is 58.3 Å². The maximum atomic E-state index is 9.83. The van der Waals surface area contributed by atoms with Crippen LogP contribution in [-0.2, 0) is 43.0 Å². The van der Waals surface area contributed by atoms with E-state index in [0.717, 1.165) is 20.8 Å². The topological polar surface area (TPSA) is 199 Å². The van der Waals surface area contributed by atoms with Crippen LogP contribution in [0.1, 0.15) is 20.8 Å². The van der Waals surface area contributed by atoms with Crippen LogP contribution in [0.15, 0.2) is 0 Å². The van der Waals surface area contributed by atoms with E-state index in [9.17, 15) is 44.1 Å². The maximum Gasteiger partial charge on any atom is 3.00 e. The standard InChI is InChI=1S/3C4H6O4.Al/c3*1-3(5)8-2-4(6)7;/h3*2H2,1H3,(H,6,7);/q;;;+3/p-3. The number of carboxylic acids is 3. The molecule has 0 saturated carbocycles. The van der Waals surface area contributed by atoms with Gasteiger partial charge >= 0.3 is 35.3 Å². The summed E-state index contributed by atoms with van der Waals surface area (Å²) < 4.78 is 12.0. The number of carboxylic acid groups (broad SMARTS) is 3. The Hall–Kier alpha value is -2.65. The summed E-state index contributed by atoms with van der Waals surface area (Å²) in [5.41, 5.74) is 0. The molecule has 0 bridgehead atoms. The second kappa shape index (κ2) is 19.4. The molecule has 0 fully saturated rings. The van der Waals surface area contributed by atoms with Crippen molar-refractivity contribution in [3.05, 3.63) is 0 Å². The third kappa shape index (κ3) is 52.4. The van der Waals surface area contributed by atoms with Crippen molar-refractivity contribution in [1.82, 2.24) is 0 Å². The van der Waals surface area contributed by atoms with Gasteiger partial charge in [0.25, 0.3) is 0 Å². The number of hydrogen-bond acceptors (Lipinski definition) is 12. The van der Waals surface area contributed by atoms with Crippen molar-refractivity contribution in [2.45, 2.75) is 20.8 Å². The van der Waals surface area contributed by atoms with Gasteiger partial charge in [0.05, 0.1) is 17.9 Å². The van der Waals surface area contributed by atoms with E-state index < -0.39 is 55.6 Å². The number of esters is 3. The van der Waals surface area contributed by atoms with Gasteiger partial charge in [0.15, 0.2) is 0 Å². The summed E-state index contributed by atoms with van der Waals surface area (Å²) in [6.45, 7) is 1.41. The Morgan fingerprint density at radius 2 is 0.720 bits per heavy atom. The van der Waals surface area contributed by atoms with Crippen molar-refractivity contribution in [3.63, 3.8) is 0 Å². The molecule has 0 aliphatic carbocycles. The molecular formula is C12H15AlO12. The fourth-order valence-electron chi connectivity index (χ4n) is 0.482. The van der Waals surface area contributed by atoms with Gasteiger partial charge in [0.2, 0.25) is 0 Å². The molecule has 0 aliphatic heterocycles. The molecule has 12 nitrogen and oxygen atoms in total. The van der Waals surface area contributed by atoms with Crippen LogP contribution in [0.4, 0.5) is 0 Å². The smallest absolute Gasteiger partial charge is 0.546 e. The first-order chi connectivity index (χ1) is 10.9. The molecule has 0 atom stereocenters. The molecule has 0 amide bonds. The number of carbonyl (C=O) groups excluding carboxylic acids is 6. The average molecular weight is 378 g/mol. The Kier molecular flexibility index (Phi) is 23.5. The molecule has 0 spiro atoms. The molecule has 0 aromatic rings. The molecule has 0 unspecified atom stereocenters. The monoisotopic (exact) mass is 378 g/mol. The third-order valence-electron chi connectivity index (χ3n) is 1.18. The Labute approximate surface area is 152 Å². The average Bonchev–Trinajstić information content (AvgIpc) is 2.42. The van der Waals surface area contributed by atoms with Gasteiger partial charge in [-0.05, 0) is 0 Å².